The van der Waals surface area contributed by atoms with Crippen LogP contribution in [0.1, 0.15) is 44.9 Å². The van der Waals surface area contributed by atoms with Gasteiger partial charge in [0.2, 0.25) is 0 Å². The Bertz CT molecular complexity index is 244. The molecule has 1 saturated heterocycles. The number of hydrogen-bond donors (Lipinski definition) is 3. The fourth-order valence-corrected chi connectivity index (χ4v) is 9.52. The van der Waals surface area contributed by atoms with Gasteiger partial charge in [-0.2, -0.15) is 0 Å². The highest BCUT2D eigenvalue weighted by Crippen LogP contribution is 2.43. The summed E-state index contributed by atoms with van der Waals surface area (Å²) in [4.78, 5) is 27.7. The van der Waals surface area contributed by atoms with E-state index in [0.29, 0.717) is 12.1 Å². The van der Waals surface area contributed by atoms with Crippen LogP contribution < -0.4 is 0 Å². The summed E-state index contributed by atoms with van der Waals surface area (Å²) in [6, 6.07) is 0.786. The second-order valence-electron chi connectivity index (χ2n) is 5.13. The normalized spacial score (nSPS) is 32.6. The zero-order valence-corrected chi connectivity index (χ0v) is 12.1. The molecule has 2 rings (SSSR count). The van der Waals surface area contributed by atoms with Crippen LogP contribution in [0.3, 0.4) is 0 Å². The first-order valence-corrected chi connectivity index (χ1v) is 10.4. The van der Waals surface area contributed by atoms with Crippen molar-refractivity contribution < 1.29 is 22.9 Å². The van der Waals surface area contributed by atoms with E-state index in [-0.39, 0.29) is 0 Å². The molecule has 1 aliphatic carbocycles. The quantitative estimate of drug-likeness (QED) is 0.671. The van der Waals surface area contributed by atoms with Crippen LogP contribution in [0, 0.1) is 0 Å². The summed E-state index contributed by atoms with van der Waals surface area (Å²) >= 11 is 0. The first-order chi connectivity index (χ1) is 8.02. The van der Waals surface area contributed by atoms with E-state index >= 15 is 0 Å². The van der Waals surface area contributed by atoms with Crippen molar-refractivity contribution in [3.8, 4) is 0 Å². The lowest BCUT2D eigenvalue weighted by molar-refractivity contribution is 0.0822. The predicted molar refractivity (Wildman–Crippen MR) is 66.1 cm³/mol. The van der Waals surface area contributed by atoms with Crippen LogP contribution in [0.15, 0.2) is 0 Å². The summed E-state index contributed by atoms with van der Waals surface area (Å²) in [6.07, 6.45) is 7.63. The predicted octanol–water partition coefficient (Wildman–Crippen LogP) is 1.00. The van der Waals surface area contributed by atoms with Gasteiger partial charge < -0.3 is 22.9 Å². The number of hydrogen-bond acceptors (Lipinski definition) is 5. The Morgan fingerprint density at radius 1 is 1.00 bits per heavy atom. The Morgan fingerprint density at radius 3 is 2.24 bits per heavy atom. The fourth-order valence-electron chi connectivity index (χ4n) is 3.05. The molecule has 0 amide bonds. The molecule has 2 fully saturated rings. The van der Waals surface area contributed by atoms with Gasteiger partial charge in [-0.05, 0) is 31.7 Å². The first kappa shape index (κ1) is 13.7. The molecule has 1 atom stereocenters. The molecule has 100 valence electrons. The van der Waals surface area contributed by atoms with Crippen molar-refractivity contribution in [2.45, 2.75) is 56.5 Å². The molecule has 1 heterocycles. The van der Waals surface area contributed by atoms with Gasteiger partial charge in [-0.1, -0.05) is 19.3 Å². The van der Waals surface area contributed by atoms with Gasteiger partial charge in [0.05, 0.1) is 0 Å². The van der Waals surface area contributed by atoms with Gasteiger partial charge in [-0.3, -0.25) is 0 Å². The summed E-state index contributed by atoms with van der Waals surface area (Å²) in [5.41, 5.74) is 0.315. The van der Waals surface area contributed by atoms with E-state index < -0.39 is 17.6 Å². The summed E-state index contributed by atoms with van der Waals surface area (Å²) in [5.74, 6) is 0. The van der Waals surface area contributed by atoms with E-state index in [9.17, 15) is 14.4 Å². The summed E-state index contributed by atoms with van der Waals surface area (Å²) in [6.45, 7) is 0.632. The molecule has 0 aromatic rings. The lowest BCUT2D eigenvalue weighted by Crippen LogP contribution is -2.58. The molecule has 0 aromatic carbocycles. The zero-order valence-electron chi connectivity index (χ0n) is 10.1. The highest BCUT2D eigenvalue weighted by molar-refractivity contribution is 6.76. The average molecular weight is 278 g/mol. The minimum atomic E-state index is -4.46. The van der Waals surface area contributed by atoms with E-state index in [1.165, 1.54) is 6.42 Å². The van der Waals surface area contributed by atoms with Crippen molar-refractivity contribution in [1.29, 1.82) is 0 Å². The van der Waals surface area contributed by atoms with Gasteiger partial charge in [-0.15, -0.1) is 0 Å². The van der Waals surface area contributed by atoms with E-state index in [0.717, 1.165) is 44.6 Å². The molecule has 2 aliphatic rings. The van der Waals surface area contributed by atoms with Crippen molar-refractivity contribution in [3.63, 3.8) is 0 Å². The van der Waals surface area contributed by atoms with E-state index in [1.54, 1.807) is 0 Å². The second kappa shape index (κ2) is 5.47. The average Bonchev–Trinajstić information content (AvgIpc) is 2.29. The lowest BCUT2D eigenvalue weighted by atomic mass is 10.0. The fraction of sp³-hybridized carbons (Fsp3) is 1.00. The highest BCUT2D eigenvalue weighted by atomic mass is 28.5. The Hall–Kier alpha value is 0.234. The topological polar surface area (TPSA) is 79.2 Å². The minimum Gasteiger partial charge on any atom is -0.394 e. The standard InChI is InChI=1S/C10H22O5Si2/c11-17(12,13)15-16(9-5-4-8-14-16)10-6-2-1-3-7-10/h10-13H,1-9H2. The van der Waals surface area contributed by atoms with Gasteiger partial charge in [0.1, 0.15) is 0 Å². The maximum atomic E-state index is 9.25. The Kier molecular flexibility index (Phi) is 4.40. The first-order valence-electron chi connectivity index (χ1n) is 6.53. The number of rotatable bonds is 3. The summed E-state index contributed by atoms with van der Waals surface area (Å²) < 4.78 is 11.2. The van der Waals surface area contributed by atoms with E-state index in [4.69, 9.17) is 8.54 Å². The van der Waals surface area contributed by atoms with Crippen molar-refractivity contribution in [3.05, 3.63) is 0 Å². The molecule has 0 radical (unpaired) electrons. The smallest absolute Gasteiger partial charge is 0.394 e. The third kappa shape index (κ3) is 3.60. The minimum absolute atomic E-state index is 0.315. The van der Waals surface area contributed by atoms with Crippen LogP contribution in [-0.2, 0) is 8.54 Å². The van der Waals surface area contributed by atoms with Gasteiger partial charge in [0.15, 0.2) is 0 Å². The van der Waals surface area contributed by atoms with Gasteiger partial charge in [0, 0.05) is 12.1 Å². The van der Waals surface area contributed by atoms with Crippen LogP contribution in [0.5, 0.6) is 0 Å². The molecule has 3 N–H and O–H groups in total. The van der Waals surface area contributed by atoms with Crippen LogP contribution >= 0.6 is 0 Å². The second-order valence-corrected chi connectivity index (χ2v) is 10.3. The Labute approximate surface area is 104 Å². The van der Waals surface area contributed by atoms with Gasteiger partial charge >= 0.3 is 17.6 Å². The van der Waals surface area contributed by atoms with E-state index in [2.05, 4.69) is 0 Å². The molecule has 0 spiro atoms. The largest absolute Gasteiger partial charge is 0.662 e. The molecule has 1 saturated carbocycles. The molecule has 0 bridgehead atoms. The molecule has 7 heteroatoms. The van der Waals surface area contributed by atoms with Crippen LogP contribution in [-0.4, -0.2) is 38.6 Å². The maximum Gasteiger partial charge on any atom is 0.662 e. The zero-order chi connectivity index (χ0) is 12.4. The van der Waals surface area contributed by atoms with Crippen molar-refractivity contribution in [1.82, 2.24) is 0 Å². The van der Waals surface area contributed by atoms with Crippen molar-refractivity contribution in [2.24, 2.45) is 0 Å². The highest BCUT2D eigenvalue weighted by Gasteiger charge is 2.53. The Morgan fingerprint density at radius 2 is 1.71 bits per heavy atom. The van der Waals surface area contributed by atoms with Crippen LogP contribution in [0.25, 0.3) is 0 Å². The van der Waals surface area contributed by atoms with Crippen LogP contribution in [0.4, 0.5) is 0 Å². The molecular formula is C10H22O5Si2. The monoisotopic (exact) mass is 278 g/mol. The van der Waals surface area contributed by atoms with E-state index in [1.807, 2.05) is 0 Å². The maximum absolute atomic E-state index is 9.25. The molecule has 1 unspecified atom stereocenters. The van der Waals surface area contributed by atoms with Gasteiger partial charge in [0.25, 0.3) is 0 Å². The summed E-state index contributed by atoms with van der Waals surface area (Å²) in [5, 5.41) is 0. The van der Waals surface area contributed by atoms with Crippen molar-refractivity contribution >= 4 is 17.6 Å². The molecule has 5 nitrogen and oxygen atoms in total. The third-order valence-electron chi connectivity index (χ3n) is 3.80. The molecule has 17 heavy (non-hydrogen) atoms. The molecule has 0 aromatic heterocycles. The van der Waals surface area contributed by atoms with Crippen LogP contribution in [0.2, 0.25) is 11.6 Å². The van der Waals surface area contributed by atoms with Gasteiger partial charge in [-0.25, -0.2) is 0 Å². The molecular weight excluding hydrogens is 256 g/mol. The lowest BCUT2D eigenvalue weighted by Gasteiger charge is -2.42. The molecule has 1 aliphatic heterocycles. The summed E-state index contributed by atoms with van der Waals surface area (Å²) in [7, 11) is -7.07. The third-order valence-corrected chi connectivity index (χ3v) is 9.84. The SMILES string of the molecule is O[Si](O)(O)O[Si]1(C2CCCCC2)CCCCO1. The van der Waals surface area contributed by atoms with Crippen molar-refractivity contribution in [2.75, 3.05) is 6.61 Å². The Balaban J connectivity index is 2.10.